The predicted octanol–water partition coefficient (Wildman–Crippen LogP) is 7.23. The lowest BCUT2D eigenvalue weighted by molar-refractivity contribution is -0.116. The minimum Gasteiger partial charge on any atom is -0.387 e. The van der Waals surface area contributed by atoms with Crippen molar-refractivity contribution in [1.82, 2.24) is 10.6 Å². The van der Waals surface area contributed by atoms with Crippen molar-refractivity contribution in [3.05, 3.63) is 95.1 Å². The number of hydrogen-bond donors (Lipinski definition) is 4. The number of hydrogen-bond acceptors (Lipinski definition) is 6. The first kappa shape index (κ1) is 37.2. The molecule has 2 aromatic carbocycles. The summed E-state index contributed by atoms with van der Waals surface area (Å²) in [4.78, 5) is 24.8. The van der Waals surface area contributed by atoms with Gasteiger partial charge < -0.3 is 20.8 Å². The summed E-state index contributed by atoms with van der Waals surface area (Å²) < 4.78 is 0. The van der Waals surface area contributed by atoms with Gasteiger partial charge in [-0.2, -0.15) is 0 Å². The summed E-state index contributed by atoms with van der Waals surface area (Å²) >= 11 is 0. The van der Waals surface area contributed by atoms with E-state index >= 15 is 0 Å². The molecule has 4 aliphatic rings. The average Bonchev–Trinajstić information content (AvgIpc) is 3.88. The molecule has 0 aromatic heterocycles. The minimum absolute atomic E-state index is 0. The van der Waals surface area contributed by atoms with Gasteiger partial charge in [-0.1, -0.05) is 85.7 Å². The van der Waals surface area contributed by atoms with Crippen LogP contribution in [0.2, 0.25) is 0 Å². The minimum atomic E-state index is -0.545. The van der Waals surface area contributed by atoms with Gasteiger partial charge in [0.25, 0.3) is 0 Å². The third-order valence-corrected chi connectivity index (χ3v) is 10.9. The highest BCUT2D eigenvalue weighted by atomic mass is 35.5. The van der Waals surface area contributed by atoms with Gasteiger partial charge in [0.05, 0.1) is 12.2 Å². The van der Waals surface area contributed by atoms with Crippen molar-refractivity contribution >= 4 is 24.0 Å². The number of carbonyl (C=O) groups is 2. The summed E-state index contributed by atoms with van der Waals surface area (Å²) in [7, 11) is 0. The molecule has 0 aliphatic heterocycles. The number of aliphatic hydroxyl groups excluding tert-OH is 2. The number of carbonyl (C=O) groups excluding carboxylic acids is 2. The normalized spacial score (nSPS) is 25.2. The summed E-state index contributed by atoms with van der Waals surface area (Å²) in [5.41, 5.74) is 3.96. The molecule has 0 amide bonds. The zero-order valence-corrected chi connectivity index (χ0v) is 29.0. The number of nitrogens with one attached hydrogen (secondary N) is 2. The lowest BCUT2D eigenvalue weighted by atomic mass is 9.91. The maximum absolute atomic E-state index is 12.4. The molecule has 0 radical (unpaired) electrons. The molecule has 8 unspecified atom stereocenters. The van der Waals surface area contributed by atoms with Crippen LogP contribution in [0.4, 0.5) is 0 Å². The molecular weight excluding hydrogens is 608 g/mol. The predicted molar refractivity (Wildman–Crippen MR) is 191 cm³/mol. The third-order valence-electron chi connectivity index (χ3n) is 10.9. The van der Waals surface area contributed by atoms with Crippen molar-refractivity contribution in [3.8, 4) is 0 Å². The molecule has 2 saturated carbocycles. The van der Waals surface area contributed by atoms with Crippen LogP contribution in [0.5, 0.6) is 0 Å². The van der Waals surface area contributed by atoms with E-state index in [2.05, 4.69) is 22.8 Å². The fourth-order valence-electron chi connectivity index (χ4n) is 8.07. The van der Waals surface area contributed by atoms with Crippen LogP contribution < -0.4 is 10.6 Å². The van der Waals surface area contributed by atoms with Crippen molar-refractivity contribution in [2.75, 3.05) is 13.1 Å². The van der Waals surface area contributed by atoms with E-state index in [0.717, 1.165) is 47.0 Å². The van der Waals surface area contributed by atoms with E-state index in [1.807, 2.05) is 74.5 Å². The molecule has 6 nitrogen and oxygen atoms in total. The Bertz CT molecular complexity index is 1350. The summed E-state index contributed by atoms with van der Waals surface area (Å²) in [6, 6.07) is 19.2. The Balaban J connectivity index is 0.000000208. The molecule has 0 bridgehead atoms. The van der Waals surface area contributed by atoms with Crippen molar-refractivity contribution in [2.45, 2.75) is 102 Å². The highest BCUT2D eigenvalue weighted by Crippen LogP contribution is 2.45. The lowest BCUT2D eigenvalue weighted by Gasteiger charge is -2.21. The van der Waals surface area contributed by atoms with Crippen molar-refractivity contribution in [2.24, 2.45) is 23.7 Å². The fraction of sp³-hybridized carbons (Fsp3) is 0.550. The molecular formula is C40H55ClN2O4. The van der Waals surface area contributed by atoms with Crippen LogP contribution in [0.15, 0.2) is 84.0 Å². The van der Waals surface area contributed by atoms with E-state index in [1.165, 1.54) is 38.5 Å². The van der Waals surface area contributed by atoms with Crippen LogP contribution in [0, 0.1) is 23.7 Å². The van der Waals surface area contributed by atoms with Crippen LogP contribution in [0.1, 0.15) is 101 Å². The molecule has 47 heavy (non-hydrogen) atoms. The quantitative estimate of drug-likeness (QED) is 0.170. The molecule has 0 spiro atoms. The topological polar surface area (TPSA) is 98.7 Å². The highest BCUT2D eigenvalue weighted by Gasteiger charge is 2.36. The Labute approximate surface area is 287 Å². The summed E-state index contributed by atoms with van der Waals surface area (Å²) in [6.07, 6.45) is 14.1. The smallest absolute Gasteiger partial charge is 0.160 e. The first-order valence-electron chi connectivity index (χ1n) is 17.7. The van der Waals surface area contributed by atoms with Gasteiger partial charge in [-0.25, -0.2) is 0 Å². The van der Waals surface area contributed by atoms with Crippen LogP contribution in [0.3, 0.4) is 0 Å². The first-order valence-corrected chi connectivity index (χ1v) is 17.7. The maximum Gasteiger partial charge on any atom is 0.160 e. The first-order chi connectivity index (χ1) is 22.3. The van der Waals surface area contributed by atoms with Gasteiger partial charge in [-0.3, -0.25) is 9.59 Å². The molecule has 4 N–H and O–H groups in total. The Kier molecular flexibility index (Phi) is 14.4. The Hall–Kier alpha value is -2.61. The number of Topliss-reactive ketones (excluding diaryl/α,β-unsaturated/α-hetero) is 2. The van der Waals surface area contributed by atoms with Crippen molar-refractivity contribution in [3.63, 3.8) is 0 Å². The zero-order valence-electron chi connectivity index (χ0n) is 28.2. The monoisotopic (exact) mass is 662 g/mol. The van der Waals surface area contributed by atoms with Crippen LogP contribution >= 0.6 is 12.4 Å². The Morgan fingerprint density at radius 1 is 0.745 bits per heavy atom. The largest absolute Gasteiger partial charge is 0.387 e. The fourth-order valence-corrected chi connectivity index (χ4v) is 8.07. The summed E-state index contributed by atoms with van der Waals surface area (Å²) in [6.45, 7) is 5.17. The van der Waals surface area contributed by atoms with Crippen LogP contribution in [-0.2, 0) is 9.59 Å². The molecule has 8 atom stereocenters. The van der Waals surface area contributed by atoms with E-state index in [9.17, 15) is 19.8 Å². The van der Waals surface area contributed by atoms with E-state index < -0.39 is 12.2 Å². The van der Waals surface area contributed by atoms with Gasteiger partial charge in [0.15, 0.2) is 11.6 Å². The number of fused-ring (bicyclic) bond motifs is 2. The molecule has 4 aliphatic carbocycles. The van der Waals surface area contributed by atoms with Crippen LogP contribution in [-0.4, -0.2) is 47.0 Å². The van der Waals surface area contributed by atoms with Crippen molar-refractivity contribution in [1.29, 1.82) is 0 Å². The lowest BCUT2D eigenvalue weighted by Crippen LogP contribution is -2.34. The Morgan fingerprint density at radius 3 is 1.85 bits per heavy atom. The second-order valence-electron chi connectivity index (χ2n) is 14.0. The second kappa shape index (κ2) is 18.2. The van der Waals surface area contributed by atoms with Crippen molar-refractivity contribution < 1.29 is 19.8 Å². The standard InChI is InChI=1S/2C20H27NO2.ClH/c1-14(20(23)15-6-3-2-4-7-15)21-11-10-19(22)18-12-16-8-5-9-17(16)13-18;1-14(20(23)16-6-3-2-4-7-16)21-13-12-19(22)18-11-10-15-8-5-9-17(15)18;/h2-4,6-7,12,14,16-17,20-21,23H,5,8-11,13H2,1H3;2-4,6-7,11,14-15,17,20-21,23H,5,8-10,12-13H2,1H3;1H. The van der Waals surface area contributed by atoms with E-state index in [4.69, 9.17) is 0 Å². The molecule has 2 aromatic rings. The van der Waals surface area contributed by atoms with Crippen LogP contribution in [0.25, 0.3) is 0 Å². The van der Waals surface area contributed by atoms with Gasteiger partial charge in [0.2, 0.25) is 0 Å². The van der Waals surface area contributed by atoms with E-state index in [1.54, 1.807) is 0 Å². The molecule has 2 fully saturated rings. The highest BCUT2D eigenvalue weighted by molar-refractivity contribution is 5.96. The van der Waals surface area contributed by atoms with Gasteiger partial charge in [-0.15, -0.1) is 12.4 Å². The average molecular weight is 663 g/mol. The number of ketones is 2. The zero-order chi connectivity index (χ0) is 32.5. The number of halogens is 1. The number of aliphatic hydroxyl groups is 2. The van der Waals surface area contributed by atoms with E-state index in [0.29, 0.717) is 43.6 Å². The number of rotatable bonds is 14. The molecule has 256 valence electrons. The number of allylic oxidation sites excluding steroid dienone is 4. The van der Waals surface area contributed by atoms with E-state index in [-0.39, 0.29) is 30.3 Å². The third kappa shape index (κ3) is 9.96. The summed E-state index contributed by atoms with van der Waals surface area (Å²) in [5.74, 6) is 3.26. The second-order valence-corrected chi connectivity index (χ2v) is 14.0. The number of benzene rings is 2. The molecule has 6 rings (SSSR count). The molecule has 7 heteroatoms. The summed E-state index contributed by atoms with van der Waals surface area (Å²) in [5, 5.41) is 27.2. The van der Waals surface area contributed by atoms with Gasteiger partial charge in [0, 0.05) is 38.0 Å². The molecule has 0 saturated heterocycles. The van der Waals surface area contributed by atoms with Gasteiger partial charge >= 0.3 is 0 Å². The maximum atomic E-state index is 12.4. The van der Waals surface area contributed by atoms with Gasteiger partial charge in [0.1, 0.15) is 0 Å². The SMILES string of the molecule is CC(NCCC(=O)C1=CC2CCCC2C1)C(O)c1ccccc1.CC(NCCC(=O)C1=CCC2CCCC12)C(O)c1ccccc1.Cl. The van der Waals surface area contributed by atoms with Gasteiger partial charge in [-0.05, 0) is 98.3 Å². The molecule has 0 heterocycles. The Morgan fingerprint density at radius 2 is 1.28 bits per heavy atom.